The number of hydrazine groups is 1. The van der Waals surface area contributed by atoms with Crippen LogP contribution in [0.5, 0.6) is 0 Å². The monoisotopic (exact) mass is 370 g/mol. The largest absolute Gasteiger partial charge is 0.275 e. The summed E-state index contributed by atoms with van der Waals surface area (Å²) in [4.78, 5) is 15.4. The molecule has 0 saturated heterocycles. The molecule has 3 rings (SSSR count). The number of halogens is 1. The molecule has 0 bridgehead atoms. The normalized spacial score (nSPS) is 11.7. The number of carbonyl (C=O) groups is 1. The van der Waals surface area contributed by atoms with E-state index in [9.17, 15) is 9.00 Å². The maximum Gasteiger partial charge on any atom is 0.266 e. The fourth-order valence-electron chi connectivity index (χ4n) is 2.25. The van der Waals surface area contributed by atoms with E-state index in [0.717, 1.165) is 11.1 Å². The van der Waals surface area contributed by atoms with E-state index in [2.05, 4.69) is 10.3 Å². The molecular formula is C19H15ClN2O2S. The Hall–Kier alpha value is -2.47. The highest BCUT2D eigenvalue weighted by Gasteiger charge is 2.09. The van der Waals surface area contributed by atoms with E-state index >= 15 is 0 Å². The van der Waals surface area contributed by atoms with E-state index in [-0.39, 0.29) is 5.91 Å². The SMILES string of the molecule is O=C(NNS(=O)c1ccccc1)c1cccc(-c2ccc(Cl)cc2)c1. The number of carbonyl (C=O) groups excluding carboxylic acids is 1. The first kappa shape index (κ1) is 17.4. The molecule has 3 aromatic rings. The first-order valence-corrected chi connectivity index (χ1v) is 9.05. The Morgan fingerprint density at radius 3 is 2.28 bits per heavy atom. The van der Waals surface area contributed by atoms with E-state index in [1.54, 1.807) is 54.6 Å². The minimum atomic E-state index is -1.52. The number of rotatable bonds is 5. The van der Waals surface area contributed by atoms with Crippen molar-refractivity contribution in [3.05, 3.63) is 89.4 Å². The van der Waals surface area contributed by atoms with Gasteiger partial charge in [-0.1, -0.05) is 54.1 Å². The molecule has 126 valence electrons. The van der Waals surface area contributed by atoms with Crippen molar-refractivity contribution in [3.63, 3.8) is 0 Å². The smallest absolute Gasteiger partial charge is 0.266 e. The Morgan fingerprint density at radius 1 is 0.840 bits per heavy atom. The van der Waals surface area contributed by atoms with Gasteiger partial charge >= 0.3 is 0 Å². The highest BCUT2D eigenvalue weighted by Crippen LogP contribution is 2.22. The lowest BCUT2D eigenvalue weighted by atomic mass is 10.0. The van der Waals surface area contributed by atoms with Crippen LogP contribution < -0.4 is 10.3 Å². The van der Waals surface area contributed by atoms with E-state index < -0.39 is 11.0 Å². The maximum absolute atomic E-state index is 12.3. The molecule has 1 atom stereocenters. The second-order valence-corrected chi connectivity index (χ2v) is 6.88. The molecule has 3 aromatic carbocycles. The number of hydrogen-bond acceptors (Lipinski definition) is 2. The summed E-state index contributed by atoms with van der Waals surface area (Å²) in [7, 11) is -1.52. The van der Waals surface area contributed by atoms with Gasteiger partial charge < -0.3 is 0 Å². The average Bonchev–Trinajstić information content (AvgIpc) is 2.67. The van der Waals surface area contributed by atoms with Crippen LogP contribution in [0.4, 0.5) is 0 Å². The molecule has 1 unspecified atom stereocenters. The van der Waals surface area contributed by atoms with Gasteiger partial charge in [-0.3, -0.25) is 10.2 Å². The van der Waals surface area contributed by atoms with Crippen molar-refractivity contribution in [2.75, 3.05) is 0 Å². The molecule has 0 heterocycles. The van der Waals surface area contributed by atoms with Crippen LogP contribution in [0.1, 0.15) is 10.4 Å². The van der Waals surface area contributed by atoms with Gasteiger partial charge in [0.1, 0.15) is 11.0 Å². The van der Waals surface area contributed by atoms with Crippen molar-refractivity contribution < 1.29 is 9.00 Å². The third-order valence-corrected chi connectivity index (χ3v) is 4.76. The first-order valence-electron chi connectivity index (χ1n) is 7.52. The Labute approximate surface area is 153 Å². The van der Waals surface area contributed by atoms with Crippen LogP contribution in [0.25, 0.3) is 11.1 Å². The summed E-state index contributed by atoms with van der Waals surface area (Å²) in [6.45, 7) is 0. The zero-order valence-corrected chi connectivity index (χ0v) is 14.7. The molecule has 0 radical (unpaired) electrons. The van der Waals surface area contributed by atoms with Crippen LogP contribution in [0.15, 0.2) is 83.8 Å². The van der Waals surface area contributed by atoms with Crippen molar-refractivity contribution in [3.8, 4) is 11.1 Å². The van der Waals surface area contributed by atoms with Crippen molar-refractivity contribution in [2.45, 2.75) is 4.90 Å². The Morgan fingerprint density at radius 2 is 1.56 bits per heavy atom. The van der Waals surface area contributed by atoms with Crippen LogP contribution in [-0.2, 0) is 11.0 Å². The topological polar surface area (TPSA) is 58.2 Å². The lowest BCUT2D eigenvalue weighted by Gasteiger charge is -2.08. The van der Waals surface area contributed by atoms with E-state index in [1.165, 1.54) is 0 Å². The summed E-state index contributed by atoms with van der Waals surface area (Å²) < 4.78 is 12.1. The van der Waals surface area contributed by atoms with Gasteiger partial charge in [0.2, 0.25) is 0 Å². The third-order valence-electron chi connectivity index (χ3n) is 3.52. The standard InChI is InChI=1S/C19H15ClN2O2S/c20-17-11-9-14(10-12-17)15-5-4-6-16(13-15)19(23)21-22-25(24)18-7-2-1-3-8-18/h1-13,22H,(H,21,23). The molecule has 6 heteroatoms. The fourth-order valence-corrected chi connectivity index (χ4v) is 3.08. The molecule has 0 aliphatic heterocycles. The number of hydrogen-bond donors (Lipinski definition) is 2. The molecule has 2 N–H and O–H groups in total. The molecule has 0 saturated carbocycles. The first-order chi connectivity index (χ1) is 12.1. The number of nitrogens with one attached hydrogen (secondary N) is 2. The third kappa shape index (κ3) is 4.54. The van der Waals surface area contributed by atoms with Crippen molar-refractivity contribution >= 4 is 28.5 Å². The molecule has 0 fully saturated rings. The van der Waals surface area contributed by atoms with Gasteiger partial charge in [0.05, 0.1) is 4.90 Å². The zero-order chi connectivity index (χ0) is 17.6. The highest BCUT2D eigenvalue weighted by atomic mass is 35.5. The van der Waals surface area contributed by atoms with E-state index in [4.69, 9.17) is 11.6 Å². The molecule has 25 heavy (non-hydrogen) atoms. The van der Waals surface area contributed by atoms with Gasteiger partial charge in [0.25, 0.3) is 5.91 Å². The van der Waals surface area contributed by atoms with Gasteiger partial charge in [0.15, 0.2) is 0 Å². The average molecular weight is 371 g/mol. The second-order valence-electron chi connectivity index (χ2n) is 5.23. The zero-order valence-electron chi connectivity index (χ0n) is 13.1. The summed E-state index contributed by atoms with van der Waals surface area (Å²) in [6.07, 6.45) is 0. The van der Waals surface area contributed by atoms with Crippen LogP contribution >= 0.6 is 11.6 Å². The highest BCUT2D eigenvalue weighted by molar-refractivity contribution is 7.83. The van der Waals surface area contributed by atoms with Gasteiger partial charge in [-0.15, -0.1) is 4.83 Å². The fraction of sp³-hybridized carbons (Fsp3) is 0. The van der Waals surface area contributed by atoms with Crippen LogP contribution in [0.3, 0.4) is 0 Å². The van der Waals surface area contributed by atoms with Crippen molar-refractivity contribution in [1.29, 1.82) is 0 Å². The minimum absolute atomic E-state index is 0.361. The molecule has 0 aliphatic carbocycles. The second kappa shape index (κ2) is 8.07. The summed E-state index contributed by atoms with van der Waals surface area (Å²) in [5, 5.41) is 0.658. The predicted octanol–water partition coefficient (Wildman–Crippen LogP) is 3.96. The van der Waals surface area contributed by atoms with Crippen molar-refractivity contribution in [2.24, 2.45) is 0 Å². The number of benzene rings is 3. The molecule has 0 aliphatic rings. The van der Waals surface area contributed by atoms with Gasteiger partial charge in [-0.05, 0) is 47.5 Å². The molecular weight excluding hydrogens is 356 g/mol. The Kier molecular flexibility index (Phi) is 5.60. The lowest BCUT2D eigenvalue weighted by Crippen LogP contribution is -2.38. The van der Waals surface area contributed by atoms with Gasteiger partial charge in [-0.2, -0.15) is 0 Å². The maximum atomic E-state index is 12.3. The Balaban J connectivity index is 1.69. The molecule has 4 nitrogen and oxygen atoms in total. The molecule has 0 aromatic heterocycles. The summed E-state index contributed by atoms with van der Waals surface area (Å²) in [5.41, 5.74) is 4.79. The lowest BCUT2D eigenvalue weighted by molar-refractivity contribution is 0.0946. The summed E-state index contributed by atoms with van der Waals surface area (Å²) >= 11 is 5.90. The summed E-state index contributed by atoms with van der Waals surface area (Å²) in [6, 6.07) is 23.4. The molecule has 0 spiro atoms. The van der Waals surface area contributed by atoms with E-state index in [0.29, 0.717) is 15.5 Å². The van der Waals surface area contributed by atoms with Crippen LogP contribution in [0, 0.1) is 0 Å². The van der Waals surface area contributed by atoms with E-state index in [1.807, 2.05) is 24.3 Å². The van der Waals surface area contributed by atoms with Gasteiger partial charge in [0, 0.05) is 10.6 Å². The van der Waals surface area contributed by atoms with Crippen molar-refractivity contribution in [1.82, 2.24) is 10.3 Å². The summed E-state index contributed by atoms with van der Waals surface area (Å²) in [5.74, 6) is -0.361. The van der Waals surface area contributed by atoms with Gasteiger partial charge in [-0.25, -0.2) is 4.21 Å². The van der Waals surface area contributed by atoms with Crippen LogP contribution in [-0.4, -0.2) is 10.1 Å². The quantitative estimate of drug-likeness (QED) is 0.668. The van der Waals surface area contributed by atoms with Crippen LogP contribution in [0.2, 0.25) is 5.02 Å². The predicted molar refractivity (Wildman–Crippen MR) is 100 cm³/mol. The molecule has 1 amide bonds. The number of amides is 1. The minimum Gasteiger partial charge on any atom is -0.275 e. The Bertz CT molecular complexity index is 899.